The summed E-state index contributed by atoms with van der Waals surface area (Å²) in [4.78, 5) is 12.4. The van der Waals surface area contributed by atoms with Crippen LogP contribution in [0.25, 0.3) is 0 Å². The van der Waals surface area contributed by atoms with Crippen molar-refractivity contribution in [2.75, 3.05) is 17.7 Å². The molecule has 2 rings (SSSR count). The number of amides is 1. The molecule has 0 saturated carbocycles. The molecule has 0 unspecified atom stereocenters. The molecule has 2 aromatic carbocycles. The van der Waals surface area contributed by atoms with Gasteiger partial charge in [-0.25, -0.2) is 0 Å². The van der Waals surface area contributed by atoms with Crippen LogP contribution in [0.5, 0.6) is 0 Å². The summed E-state index contributed by atoms with van der Waals surface area (Å²) in [7, 11) is 0. The van der Waals surface area contributed by atoms with Crippen molar-refractivity contribution in [2.24, 2.45) is 0 Å². The van der Waals surface area contributed by atoms with Gasteiger partial charge in [-0.2, -0.15) is 11.8 Å². The Hall–Kier alpha value is -1.78. The Morgan fingerprint density at radius 1 is 1.09 bits per heavy atom. The molecule has 0 radical (unpaired) electrons. The summed E-state index contributed by atoms with van der Waals surface area (Å²) in [6, 6.07) is 15.5. The number of hydrogen-bond acceptors (Lipinski definition) is 3. The molecular formula is C19H23NO2S. The van der Waals surface area contributed by atoms with Crippen LogP contribution in [0.4, 0.5) is 5.69 Å². The zero-order valence-corrected chi connectivity index (χ0v) is 14.5. The van der Waals surface area contributed by atoms with Crippen molar-refractivity contribution in [3.8, 4) is 0 Å². The fourth-order valence-corrected chi connectivity index (χ4v) is 2.78. The van der Waals surface area contributed by atoms with Crippen LogP contribution in [-0.2, 0) is 17.1 Å². The normalized spacial score (nSPS) is 10.5. The summed E-state index contributed by atoms with van der Waals surface area (Å²) in [5.74, 6) is 1.98. The van der Waals surface area contributed by atoms with Crippen molar-refractivity contribution >= 4 is 23.4 Å². The van der Waals surface area contributed by atoms with Crippen molar-refractivity contribution in [1.82, 2.24) is 0 Å². The van der Waals surface area contributed by atoms with Gasteiger partial charge in [0.25, 0.3) is 5.91 Å². The molecule has 4 heteroatoms. The number of nitrogens with one attached hydrogen (secondary N) is 1. The van der Waals surface area contributed by atoms with Gasteiger partial charge in [0.2, 0.25) is 0 Å². The second-order valence-electron chi connectivity index (χ2n) is 5.08. The van der Waals surface area contributed by atoms with Gasteiger partial charge in [-0.3, -0.25) is 4.79 Å². The van der Waals surface area contributed by atoms with Crippen LogP contribution in [0, 0.1) is 0 Å². The minimum absolute atomic E-state index is 0.0938. The summed E-state index contributed by atoms with van der Waals surface area (Å²) in [6.07, 6.45) is 0. The predicted octanol–water partition coefficient (Wildman–Crippen LogP) is 4.73. The van der Waals surface area contributed by atoms with Crippen LogP contribution in [0.15, 0.2) is 48.5 Å². The number of thioether (sulfide) groups is 1. The van der Waals surface area contributed by atoms with E-state index in [1.165, 1.54) is 5.56 Å². The Balaban J connectivity index is 2.04. The van der Waals surface area contributed by atoms with Gasteiger partial charge < -0.3 is 10.1 Å². The van der Waals surface area contributed by atoms with Crippen molar-refractivity contribution in [1.29, 1.82) is 0 Å². The number of hydrogen-bond donors (Lipinski definition) is 1. The van der Waals surface area contributed by atoms with E-state index in [1.54, 1.807) is 0 Å². The Morgan fingerprint density at radius 3 is 2.52 bits per heavy atom. The number of anilines is 1. The van der Waals surface area contributed by atoms with Crippen LogP contribution in [0.1, 0.15) is 35.3 Å². The van der Waals surface area contributed by atoms with Crippen molar-refractivity contribution in [3.63, 3.8) is 0 Å². The van der Waals surface area contributed by atoms with Crippen LogP contribution in [0.2, 0.25) is 0 Å². The Labute approximate surface area is 142 Å². The van der Waals surface area contributed by atoms with Gasteiger partial charge in [0.15, 0.2) is 0 Å². The molecular weight excluding hydrogens is 306 g/mol. The monoisotopic (exact) mass is 329 g/mol. The Bertz CT molecular complexity index is 626. The summed E-state index contributed by atoms with van der Waals surface area (Å²) < 4.78 is 5.45. The lowest BCUT2D eigenvalue weighted by Crippen LogP contribution is -2.13. The topological polar surface area (TPSA) is 38.3 Å². The molecule has 0 aliphatic carbocycles. The highest BCUT2D eigenvalue weighted by Gasteiger charge is 2.09. The largest absolute Gasteiger partial charge is 0.377 e. The molecule has 122 valence electrons. The Kier molecular flexibility index (Phi) is 7.17. The van der Waals surface area contributed by atoms with E-state index < -0.39 is 0 Å². The minimum atomic E-state index is -0.0938. The zero-order valence-electron chi connectivity index (χ0n) is 13.7. The highest BCUT2D eigenvalue weighted by Crippen LogP contribution is 2.18. The third-order valence-electron chi connectivity index (χ3n) is 3.42. The third-order valence-corrected chi connectivity index (χ3v) is 4.36. The van der Waals surface area contributed by atoms with Crippen LogP contribution in [-0.4, -0.2) is 18.3 Å². The van der Waals surface area contributed by atoms with E-state index in [9.17, 15) is 4.79 Å². The van der Waals surface area contributed by atoms with Gasteiger partial charge in [0, 0.05) is 29.2 Å². The average molecular weight is 329 g/mol. The molecule has 0 bridgehead atoms. The molecule has 23 heavy (non-hydrogen) atoms. The highest BCUT2D eigenvalue weighted by molar-refractivity contribution is 7.98. The lowest BCUT2D eigenvalue weighted by Gasteiger charge is -2.11. The van der Waals surface area contributed by atoms with Gasteiger partial charge in [0.05, 0.1) is 6.61 Å². The van der Waals surface area contributed by atoms with Crippen LogP contribution in [0.3, 0.4) is 0 Å². The standard InChI is InChI=1S/C19H23NO2S/c1-3-22-13-17-7-5-6-8-18(17)20-19(21)16-11-9-15(10-12-16)14-23-4-2/h5-12H,3-4,13-14H2,1-2H3,(H,20,21). The van der Waals surface area contributed by atoms with E-state index in [0.717, 1.165) is 22.8 Å². The molecule has 1 N–H and O–H groups in total. The molecule has 0 aliphatic heterocycles. The smallest absolute Gasteiger partial charge is 0.255 e. The van der Waals surface area contributed by atoms with Crippen molar-refractivity contribution in [2.45, 2.75) is 26.2 Å². The fourth-order valence-electron chi connectivity index (χ4n) is 2.15. The van der Waals surface area contributed by atoms with E-state index in [4.69, 9.17) is 4.74 Å². The summed E-state index contributed by atoms with van der Waals surface area (Å²) in [5.41, 5.74) is 3.70. The maximum Gasteiger partial charge on any atom is 0.255 e. The third kappa shape index (κ3) is 5.41. The van der Waals surface area contributed by atoms with Crippen LogP contribution >= 0.6 is 11.8 Å². The SMILES string of the molecule is CCOCc1ccccc1NC(=O)c1ccc(CSCC)cc1. The maximum absolute atomic E-state index is 12.4. The Morgan fingerprint density at radius 2 is 1.83 bits per heavy atom. The van der Waals surface area contributed by atoms with E-state index in [0.29, 0.717) is 18.8 Å². The lowest BCUT2D eigenvalue weighted by molar-refractivity contribution is 0.102. The molecule has 0 aromatic heterocycles. The number of carbonyl (C=O) groups is 1. The first-order valence-electron chi connectivity index (χ1n) is 7.88. The van der Waals surface area contributed by atoms with E-state index in [-0.39, 0.29) is 5.91 Å². The van der Waals surface area contributed by atoms with Crippen molar-refractivity contribution < 1.29 is 9.53 Å². The zero-order chi connectivity index (χ0) is 16.5. The second kappa shape index (κ2) is 9.38. The lowest BCUT2D eigenvalue weighted by atomic mass is 10.1. The van der Waals surface area contributed by atoms with E-state index >= 15 is 0 Å². The molecule has 0 atom stereocenters. The van der Waals surface area contributed by atoms with Gasteiger partial charge in [-0.05, 0) is 36.4 Å². The maximum atomic E-state index is 12.4. The number of carbonyl (C=O) groups excluding carboxylic acids is 1. The highest BCUT2D eigenvalue weighted by atomic mass is 32.2. The number of rotatable bonds is 8. The first-order chi connectivity index (χ1) is 11.2. The first kappa shape index (κ1) is 17.6. The number of benzene rings is 2. The molecule has 0 fully saturated rings. The number of ether oxygens (including phenoxy) is 1. The first-order valence-corrected chi connectivity index (χ1v) is 9.03. The van der Waals surface area contributed by atoms with Crippen LogP contribution < -0.4 is 5.32 Å². The molecule has 2 aromatic rings. The average Bonchev–Trinajstić information content (AvgIpc) is 2.59. The van der Waals surface area contributed by atoms with Gasteiger partial charge in [0.1, 0.15) is 0 Å². The minimum Gasteiger partial charge on any atom is -0.377 e. The van der Waals surface area contributed by atoms with E-state index in [1.807, 2.05) is 67.2 Å². The number of para-hydroxylation sites is 1. The molecule has 0 saturated heterocycles. The summed E-state index contributed by atoms with van der Waals surface area (Å²) in [6.45, 7) is 5.26. The quantitative estimate of drug-likeness (QED) is 0.761. The molecule has 0 heterocycles. The van der Waals surface area contributed by atoms with Gasteiger partial charge in [-0.1, -0.05) is 37.3 Å². The molecule has 0 aliphatic rings. The van der Waals surface area contributed by atoms with Gasteiger partial charge in [-0.15, -0.1) is 0 Å². The second-order valence-corrected chi connectivity index (χ2v) is 6.36. The predicted molar refractivity (Wildman–Crippen MR) is 98.0 cm³/mol. The fraction of sp³-hybridized carbons (Fsp3) is 0.316. The van der Waals surface area contributed by atoms with E-state index in [2.05, 4.69) is 12.2 Å². The summed E-state index contributed by atoms with van der Waals surface area (Å²) >= 11 is 1.87. The van der Waals surface area contributed by atoms with Crippen molar-refractivity contribution in [3.05, 3.63) is 65.2 Å². The molecule has 1 amide bonds. The molecule has 3 nitrogen and oxygen atoms in total. The summed E-state index contributed by atoms with van der Waals surface area (Å²) in [5, 5.41) is 2.97. The molecule has 0 spiro atoms. The van der Waals surface area contributed by atoms with Gasteiger partial charge >= 0.3 is 0 Å².